The van der Waals surface area contributed by atoms with Crippen molar-refractivity contribution in [2.45, 2.75) is 50.6 Å². The number of rotatable bonds is 5. The van der Waals surface area contributed by atoms with Gasteiger partial charge < -0.3 is 15.5 Å². The molecule has 0 radical (unpaired) electrons. The summed E-state index contributed by atoms with van der Waals surface area (Å²) in [7, 11) is -4.15. The average Bonchev–Trinajstić information content (AvgIpc) is 3.29. The Labute approximate surface area is 188 Å². The van der Waals surface area contributed by atoms with Crippen molar-refractivity contribution in [3.8, 4) is 0 Å². The lowest BCUT2D eigenvalue weighted by molar-refractivity contribution is 0.0981. The Kier molecular flexibility index (Phi) is 5.66. The minimum Gasteiger partial charge on any atom is -0.492 e. The van der Waals surface area contributed by atoms with Crippen molar-refractivity contribution < 1.29 is 17.9 Å². The smallest absolute Gasteiger partial charge is 0.281 e. The lowest BCUT2D eigenvalue weighted by atomic mass is 9.97. The molecule has 2 aliphatic heterocycles. The Morgan fingerprint density at radius 2 is 2.09 bits per heavy atom. The van der Waals surface area contributed by atoms with Crippen molar-refractivity contribution in [3.63, 3.8) is 0 Å². The summed E-state index contributed by atoms with van der Waals surface area (Å²) in [5.74, 6) is 6.45. The van der Waals surface area contributed by atoms with Gasteiger partial charge in [-0.05, 0) is 69.4 Å². The molecule has 32 heavy (non-hydrogen) atoms. The monoisotopic (exact) mass is 459 g/mol. The van der Waals surface area contributed by atoms with Gasteiger partial charge in [-0.15, -0.1) is 0 Å². The van der Waals surface area contributed by atoms with E-state index in [1.807, 2.05) is 6.08 Å². The van der Waals surface area contributed by atoms with Crippen molar-refractivity contribution in [2.75, 3.05) is 23.9 Å². The van der Waals surface area contributed by atoms with Gasteiger partial charge in [-0.1, -0.05) is 6.92 Å². The fourth-order valence-corrected chi connectivity index (χ4v) is 5.55. The third kappa shape index (κ3) is 4.19. The number of hydrogen-bond donors (Lipinski definition) is 2. The number of anilines is 1. The van der Waals surface area contributed by atoms with E-state index in [-0.39, 0.29) is 16.1 Å². The first-order valence-electron chi connectivity index (χ1n) is 10.7. The Bertz CT molecular complexity index is 1170. The van der Waals surface area contributed by atoms with Crippen molar-refractivity contribution in [1.82, 2.24) is 14.4 Å². The first kappa shape index (κ1) is 22.2. The minimum atomic E-state index is -4.15. The molecule has 172 valence electrons. The first-order chi connectivity index (χ1) is 15.1. The molecule has 0 aromatic carbocycles. The second kappa shape index (κ2) is 8.16. The number of nitrogen functional groups attached to an aromatic ring is 1. The van der Waals surface area contributed by atoms with Gasteiger partial charge in [-0.3, -0.25) is 9.47 Å². The number of pyridine rings is 1. The van der Waals surface area contributed by atoms with Crippen LogP contribution < -0.4 is 15.5 Å². The number of nitrogens with zero attached hydrogens (tertiary/aromatic N) is 3. The summed E-state index contributed by atoms with van der Waals surface area (Å²) in [6.45, 7) is 7.68. The Morgan fingerprint density at radius 1 is 1.31 bits per heavy atom. The molecule has 4 rings (SSSR count). The van der Waals surface area contributed by atoms with E-state index in [9.17, 15) is 13.2 Å². The molecule has 2 aromatic heterocycles. The fraction of sp³-hybridized carbons (Fsp3) is 0.455. The van der Waals surface area contributed by atoms with Crippen LogP contribution in [0, 0.1) is 5.92 Å². The molecule has 0 unspecified atom stereocenters. The summed E-state index contributed by atoms with van der Waals surface area (Å²) < 4.78 is 34.3. The lowest BCUT2D eigenvalue weighted by Crippen LogP contribution is -2.41. The third-order valence-electron chi connectivity index (χ3n) is 5.88. The van der Waals surface area contributed by atoms with Crippen molar-refractivity contribution in [1.29, 1.82) is 0 Å². The molecule has 1 atom stereocenters. The summed E-state index contributed by atoms with van der Waals surface area (Å²) in [6.07, 6.45) is 6.17. The minimum absolute atomic E-state index is 0.186. The summed E-state index contributed by atoms with van der Waals surface area (Å²) >= 11 is 0. The first-order valence-corrected chi connectivity index (χ1v) is 12.2. The van der Waals surface area contributed by atoms with Crippen LogP contribution in [0.15, 0.2) is 41.6 Å². The van der Waals surface area contributed by atoms with E-state index >= 15 is 0 Å². The number of carbonyl (C=O) groups is 1. The Balaban J connectivity index is 1.74. The molecule has 0 aliphatic carbocycles. The number of allylic oxidation sites excluding steroid dienone is 1. The highest BCUT2D eigenvalue weighted by Crippen LogP contribution is 2.38. The van der Waals surface area contributed by atoms with Crippen LogP contribution >= 0.6 is 0 Å². The number of aromatic nitrogens is 2. The van der Waals surface area contributed by atoms with Gasteiger partial charge in [-0.25, -0.2) is 9.71 Å². The van der Waals surface area contributed by atoms with Crippen LogP contribution in [0.1, 0.15) is 56.1 Å². The van der Waals surface area contributed by atoms with Gasteiger partial charge in [-0.2, -0.15) is 8.42 Å². The number of ether oxygens (including phenoxy) is 1. The maximum atomic E-state index is 13.2. The third-order valence-corrected chi connectivity index (χ3v) is 7.23. The van der Waals surface area contributed by atoms with Crippen LogP contribution in [0.4, 0.5) is 5.82 Å². The number of nitrogens with one attached hydrogen (secondary N) is 1. The van der Waals surface area contributed by atoms with E-state index in [1.54, 1.807) is 12.1 Å². The fourth-order valence-electron chi connectivity index (χ4n) is 4.50. The van der Waals surface area contributed by atoms with Gasteiger partial charge in [0.2, 0.25) is 0 Å². The normalized spacial score (nSPS) is 20.5. The van der Waals surface area contributed by atoms with Crippen molar-refractivity contribution in [3.05, 3.63) is 47.8 Å². The van der Waals surface area contributed by atoms with Gasteiger partial charge in [0.15, 0.2) is 5.03 Å². The second-order valence-corrected chi connectivity index (χ2v) is 10.7. The van der Waals surface area contributed by atoms with Crippen LogP contribution in [0.5, 0.6) is 0 Å². The van der Waals surface area contributed by atoms with E-state index in [4.69, 9.17) is 15.6 Å². The maximum Gasteiger partial charge on any atom is 0.281 e. The predicted molar refractivity (Wildman–Crippen MR) is 122 cm³/mol. The van der Waals surface area contributed by atoms with Gasteiger partial charge >= 0.3 is 0 Å². The molecule has 0 spiro atoms. The van der Waals surface area contributed by atoms with E-state index in [1.165, 1.54) is 18.3 Å². The van der Waals surface area contributed by atoms with Gasteiger partial charge in [0.05, 0.1) is 12.2 Å². The van der Waals surface area contributed by atoms with Gasteiger partial charge in [0, 0.05) is 18.3 Å². The topological polar surface area (TPSA) is 120 Å². The Hall–Kier alpha value is -3.01. The number of hydrogen-bond acceptors (Lipinski definition) is 7. The molecule has 4 heterocycles. The summed E-state index contributed by atoms with van der Waals surface area (Å²) in [5.41, 5.74) is 0.573. The summed E-state index contributed by atoms with van der Waals surface area (Å²) in [5, 5.41) is -0.201. The quantitative estimate of drug-likeness (QED) is 0.659. The zero-order valence-electron chi connectivity index (χ0n) is 18.5. The predicted octanol–water partition coefficient (Wildman–Crippen LogP) is 2.49. The van der Waals surface area contributed by atoms with Crippen LogP contribution in [-0.4, -0.2) is 42.7 Å². The molecule has 9 nitrogen and oxygen atoms in total. The molecule has 3 N–H and O–H groups in total. The number of amides is 1. The largest absolute Gasteiger partial charge is 0.492 e. The molecule has 2 aromatic rings. The molecule has 1 amide bonds. The molecule has 1 fully saturated rings. The lowest BCUT2D eigenvalue weighted by Gasteiger charge is -2.34. The van der Waals surface area contributed by atoms with Crippen LogP contribution in [0.2, 0.25) is 0 Å². The second-order valence-electron chi connectivity index (χ2n) is 9.05. The summed E-state index contributed by atoms with van der Waals surface area (Å²) in [4.78, 5) is 20.0. The highest BCUT2D eigenvalue weighted by atomic mass is 32.2. The van der Waals surface area contributed by atoms with Crippen molar-refractivity contribution >= 4 is 27.5 Å². The molecule has 0 saturated carbocycles. The summed E-state index contributed by atoms with van der Waals surface area (Å²) in [6, 6.07) is 6.13. The van der Waals surface area contributed by atoms with Crippen LogP contribution in [0.3, 0.4) is 0 Å². The van der Waals surface area contributed by atoms with E-state index in [0.29, 0.717) is 36.3 Å². The zero-order valence-corrected chi connectivity index (χ0v) is 19.4. The molecule has 10 heteroatoms. The SMILES string of the molecule is C[C@@H]1CN(c2nc(C3=CCCCO3)ccc2C(=O)NS(=O)(=O)c2cccn2N)C(C)(C)C1. The van der Waals surface area contributed by atoms with E-state index < -0.39 is 15.9 Å². The zero-order chi connectivity index (χ0) is 23.1. The van der Waals surface area contributed by atoms with E-state index in [0.717, 1.165) is 23.9 Å². The molecule has 1 saturated heterocycles. The van der Waals surface area contributed by atoms with Crippen LogP contribution in [0.25, 0.3) is 5.76 Å². The number of carbonyl (C=O) groups excluding carboxylic acids is 1. The highest BCUT2D eigenvalue weighted by Gasteiger charge is 2.39. The van der Waals surface area contributed by atoms with Gasteiger partial charge in [0.1, 0.15) is 17.3 Å². The van der Waals surface area contributed by atoms with Crippen LogP contribution in [-0.2, 0) is 14.8 Å². The average molecular weight is 460 g/mol. The highest BCUT2D eigenvalue weighted by molar-refractivity contribution is 7.90. The standard InChI is InChI=1S/C22H29N5O4S/c1-15-13-22(2,3)26(14-15)20-16(9-10-17(24-20)18-7-4-5-12-31-18)21(28)25-32(29,30)19-8-6-11-27(19)23/h6-11,15H,4-5,12-14,23H2,1-3H3,(H,25,28)/t15-/m0/s1. The maximum absolute atomic E-state index is 13.2. The molecule has 0 bridgehead atoms. The molecule has 2 aliphatic rings. The Morgan fingerprint density at radius 3 is 2.69 bits per heavy atom. The van der Waals surface area contributed by atoms with Gasteiger partial charge in [0.25, 0.3) is 15.9 Å². The number of nitrogens with two attached hydrogens (primary N) is 1. The molecular formula is C22H29N5O4S. The van der Waals surface area contributed by atoms with Crippen molar-refractivity contribution in [2.24, 2.45) is 5.92 Å². The molecular weight excluding hydrogens is 430 g/mol. The van der Waals surface area contributed by atoms with E-state index in [2.05, 4.69) is 30.4 Å². The number of sulfonamides is 1.